The monoisotopic (exact) mass is 374 g/mol. The summed E-state index contributed by atoms with van der Waals surface area (Å²) < 4.78 is 49.0. The van der Waals surface area contributed by atoms with Crippen LogP contribution in [0.5, 0.6) is 0 Å². The fourth-order valence-corrected chi connectivity index (χ4v) is 2.50. The van der Waals surface area contributed by atoms with Gasteiger partial charge in [0.05, 0.1) is 30.2 Å². The molecule has 144 valence electrons. The van der Waals surface area contributed by atoms with Crippen LogP contribution in [0.3, 0.4) is 0 Å². The lowest BCUT2D eigenvalue weighted by atomic mass is 10.1. The van der Waals surface area contributed by atoms with Crippen molar-refractivity contribution < 1.29 is 32.2 Å². The van der Waals surface area contributed by atoms with E-state index in [2.05, 4.69) is 5.32 Å². The van der Waals surface area contributed by atoms with Crippen molar-refractivity contribution >= 4 is 23.3 Å². The highest BCUT2D eigenvalue weighted by Gasteiger charge is 2.32. The number of anilines is 2. The molecule has 0 aliphatic carbocycles. The van der Waals surface area contributed by atoms with Crippen LogP contribution in [0, 0.1) is 0 Å². The van der Waals surface area contributed by atoms with Crippen LogP contribution in [-0.2, 0) is 25.2 Å². The van der Waals surface area contributed by atoms with E-state index < -0.39 is 30.2 Å². The first-order valence-corrected chi connectivity index (χ1v) is 8.30. The summed E-state index contributed by atoms with van der Waals surface area (Å²) in [5, 5.41) is 2.42. The Morgan fingerprint density at radius 1 is 1.27 bits per heavy atom. The summed E-state index contributed by atoms with van der Waals surface area (Å²) in [6.45, 7) is 3.14. The minimum Gasteiger partial charge on any atom is -0.456 e. The molecule has 0 atom stereocenters. The van der Waals surface area contributed by atoms with Gasteiger partial charge in [-0.2, -0.15) is 13.2 Å². The number of benzene rings is 1. The number of alkyl halides is 3. The van der Waals surface area contributed by atoms with Crippen molar-refractivity contribution in [3.05, 3.63) is 23.8 Å². The number of nitrogens with one attached hydrogen (secondary N) is 1. The largest absolute Gasteiger partial charge is 0.456 e. The van der Waals surface area contributed by atoms with Crippen molar-refractivity contribution in [2.24, 2.45) is 0 Å². The van der Waals surface area contributed by atoms with Crippen LogP contribution in [0.4, 0.5) is 24.5 Å². The second kappa shape index (κ2) is 8.88. The van der Waals surface area contributed by atoms with Gasteiger partial charge in [0.25, 0.3) is 5.91 Å². The average molecular weight is 374 g/mol. The van der Waals surface area contributed by atoms with Gasteiger partial charge in [-0.15, -0.1) is 0 Å². The molecule has 26 heavy (non-hydrogen) atoms. The molecule has 6 nitrogen and oxygen atoms in total. The summed E-state index contributed by atoms with van der Waals surface area (Å²) in [6.07, 6.45) is -3.78. The standard InChI is InChI=1S/C17H21F3N2O4/c1-2-3-16(24)26-11-15(23)21-13-10-12(17(18,19)20)4-5-14(13)22-6-8-25-9-7-22/h4-5,10H,2-3,6-9,11H2,1H3,(H,21,23). The lowest BCUT2D eigenvalue weighted by Crippen LogP contribution is -2.37. The maximum Gasteiger partial charge on any atom is 0.416 e. The highest BCUT2D eigenvalue weighted by Crippen LogP contribution is 2.35. The van der Waals surface area contributed by atoms with Crippen LogP contribution >= 0.6 is 0 Å². The van der Waals surface area contributed by atoms with E-state index in [4.69, 9.17) is 9.47 Å². The third-order valence-electron chi connectivity index (χ3n) is 3.77. The van der Waals surface area contributed by atoms with Gasteiger partial charge in [0.2, 0.25) is 0 Å². The van der Waals surface area contributed by atoms with Gasteiger partial charge in [-0.1, -0.05) is 6.92 Å². The number of esters is 1. The number of rotatable bonds is 6. The van der Waals surface area contributed by atoms with Crippen LogP contribution in [0.15, 0.2) is 18.2 Å². The first kappa shape index (κ1) is 20.0. The Labute approximate surface area is 149 Å². The lowest BCUT2D eigenvalue weighted by Gasteiger charge is -2.31. The zero-order valence-electron chi connectivity index (χ0n) is 14.4. The SMILES string of the molecule is CCCC(=O)OCC(=O)Nc1cc(C(F)(F)F)ccc1N1CCOCC1. The van der Waals surface area contributed by atoms with Crippen molar-refractivity contribution in [1.29, 1.82) is 0 Å². The minimum absolute atomic E-state index is 0.0262. The Balaban J connectivity index is 2.16. The van der Waals surface area contributed by atoms with Crippen molar-refractivity contribution in [2.45, 2.75) is 25.9 Å². The molecule has 1 amide bonds. The third kappa shape index (κ3) is 5.62. The van der Waals surface area contributed by atoms with Crippen LogP contribution in [0.1, 0.15) is 25.3 Å². The number of hydrogen-bond acceptors (Lipinski definition) is 5. The van der Waals surface area contributed by atoms with E-state index in [1.54, 1.807) is 6.92 Å². The minimum atomic E-state index is -4.53. The van der Waals surface area contributed by atoms with Gasteiger partial charge >= 0.3 is 12.1 Å². The second-order valence-electron chi connectivity index (χ2n) is 5.79. The molecule has 0 saturated carbocycles. The van der Waals surface area contributed by atoms with Crippen molar-refractivity contribution in [3.8, 4) is 0 Å². The molecule has 1 saturated heterocycles. The summed E-state index contributed by atoms with van der Waals surface area (Å²) in [6, 6.07) is 3.19. The molecule has 1 aromatic carbocycles. The molecule has 0 aromatic heterocycles. The zero-order chi connectivity index (χ0) is 19.2. The normalized spacial score (nSPS) is 14.8. The Morgan fingerprint density at radius 3 is 2.58 bits per heavy atom. The molecule has 1 heterocycles. The summed E-state index contributed by atoms with van der Waals surface area (Å²) in [4.78, 5) is 25.2. The molecule has 1 aliphatic rings. The van der Waals surface area contributed by atoms with Crippen molar-refractivity contribution in [1.82, 2.24) is 0 Å². The zero-order valence-corrected chi connectivity index (χ0v) is 14.4. The average Bonchev–Trinajstić information content (AvgIpc) is 2.60. The summed E-state index contributed by atoms with van der Waals surface area (Å²) in [7, 11) is 0. The summed E-state index contributed by atoms with van der Waals surface area (Å²) in [5.74, 6) is -1.22. The molecule has 0 spiro atoms. The van der Waals surface area contributed by atoms with Crippen LogP contribution in [0.2, 0.25) is 0 Å². The van der Waals surface area contributed by atoms with Crippen LogP contribution < -0.4 is 10.2 Å². The predicted molar refractivity (Wildman–Crippen MR) is 89.0 cm³/mol. The first-order valence-electron chi connectivity index (χ1n) is 8.30. The molecule has 2 rings (SSSR count). The Bertz CT molecular complexity index is 643. The van der Waals surface area contributed by atoms with Crippen LogP contribution in [-0.4, -0.2) is 44.8 Å². The molecular formula is C17H21F3N2O4. The Morgan fingerprint density at radius 2 is 1.96 bits per heavy atom. The van der Waals surface area contributed by atoms with E-state index in [9.17, 15) is 22.8 Å². The maximum absolute atomic E-state index is 13.0. The number of carbonyl (C=O) groups is 2. The van der Waals surface area contributed by atoms with Gasteiger partial charge in [0.15, 0.2) is 6.61 Å². The molecule has 0 radical (unpaired) electrons. The molecule has 1 aliphatic heterocycles. The van der Waals surface area contributed by atoms with E-state index in [1.807, 2.05) is 4.90 Å². The highest BCUT2D eigenvalue weighted by atomic mass is 19.4. The topological polar surface area (TPSA) is 67.9 Å². The number of nitrogens with zero attached hydrogens (tertiary/aromatic N) is 1. The lowest BCUT2D eigenvalue weighted by molar-refractivity contribution is -0.147. The van der Waals surface area contributed by atoms with Crippen molar-refractivity contribution in [3.63, 3.8) is 0 Å². The van der Waals surface area contributed by atoms with E-state index in [1.165, 1.54) is 6.07 Å². The van der Waals surface area contributed by atoms with Gasteiger partial charge in [-0.25, -0.2) is 0 Å². The summed E-state index contributed by atoms with van der Waals surface area (Å²) in [5.41, 5.74) is -0.374. The molecule has 0 unspecified atom stereocenters. The number of carbonyl (C=O) groups excluding carboxylic acids is 2. The predicted octanol–water partition coefficient (Wildman–Crippen LogP) is 2.82. The number of halogens is 3. The molecular weight excluding hydrogens is 353 g/mol. The van der Waals surface area contributed by atoms with E-state index in [0.717, 1.165) is 12.1 Å². The number of hydrogen-bond donors (Lipinski definition) is 1. The quantitative estimate of drug-likeness (QED) is 0.776. The van der Waals surface area contributed by atoms with Gasteiger partial charge in [0, 0.05) is 19.5 Å². The van der Waals surface area contributed by atoms with E-state index >= 15 is 0 Å². The first-order chi connectivity index (χ1) is 12.3. The van der Waals surface area contributed by atoms with E-state index in [-0.39, 0.29) is 12.1 Å². The van der Waals surface area contributed by atoms with Gasteiger partial charge in [-0.3, -0.25) is 9.59 Å². The van der Waals surface area contributed by atoms with Crippen LogP contribution in [0.25, 0.3) is 0 Å². The summed E-state index contributed by atoms with van der Waals surface area (Å²) >= 11 is 0. The molecule has 1 fully saturated rings. The fraction of sp³-hybridized carbons (Fsp3) is 0.529. The molecule has 1 N–H and O–H groups in total. The molecule has 0 bridgehead atoms. The smallest absolute Gasteiger partial charge is 0.416 e. The maximum atomic E-state index is 13.0. The number of morpholine rings is 1. The van der Waals surface area contributed by atoms with Gasteiger partial charge in [-0.05, 0) is 24.6 Å². The molecule has 9 heteroatoms. The van der Waals surface area contributed by atoms with Gasteiger partial charge < -0.3 is 19.7 Å². The second-order valence-corrected chi connectivity index (χ2v) is 5.79. The Kier molecular flexibility index (Phi) is 6.84. The molecule has 1 aromatic rings. The highest BCUT2D eigenvalue weighted by molar-refractivity contribution is 5.96. The van der Waals surface area contributed by atoms with E-state index in [0.29, 0.717) is 38.4 Å². The number of amides is 1. The van der Waals surface area contributed by atoms with Gasteiger partial charge in [0.1, 0.15) is 0 Å². The third-order valence-corrected chi connectivity index (χ3v) is 3.77. The Hall–Kier alpha value is -2.29. The number of ether oxygens (including phenoxy) is 2. The van der Waals surface area contributed by atoms with Crippen molar-refractivity contribution in [2.75, 3.05) is 43.1 Å². The fourth-order valence-electron chi connectivity index (χ4n) is 2.50.